The van der Waals surface area contributed by atoms with E-state index in [-0.39, 0.29) is 28.5 Å². The van der Waals surface area contributed by atoms with Crippen LogP contribution in [0.1, 0.15) is 34.8 Å². The minimum absolute atomic E-state index is 0.00439. The van der Waals surface area contributed by atoms with Crippen LogP contribution in [0.2, 0.25) is 10.0 Å². The highest BCUT2D eigenvalue weighted by Gasteiger charge is 2.44. The number of carboxylic acid groups (broad SMARTS) is 1. The van der Waals surface area contributed by atoms with Crippen molar-refractivity contribution in [1.82, 2.24) is 10.3 Å². The number of benzene rings is 3. The summed E-state index contributed by atoms with van der Waals surface area (Å²) in [4.78, 5) is 47.8. The van der Waals surface area contributed by atoms with Crippen LogP contribution in [-0.4, -0.2) is 45.2 Å². The number of hydrogen-bond donors (Lipinski definition) is 3. The van der Waals surface area contributed by atoms with Crippen LogP contribution in [0.15, 0.2) is 84.1 Å². The van der Waals surface area contributed by atoms with Gasteiger partial charge in [-0.3, -0.25) is 14.6 Å². The predicted octanol–water partition coefficient (Wildman–Crippen LogP) is 5.49. The number of carbonyl (C=O) groups is 3. The van der Waals surface area contributed by atoms with E-state index in [4.69, 9.17) is 28.0 Å². The van der Waals surface area contributed by atoms with Crippen molar-refractivity contribution in [3.8, 4) is 0 Å². The number of carboxylic acids is 1. The lowest BCUT2D eigenvalue weighted by Crippen LogP contribution is -2.51. The second-order valence-corrected chi connectivity index (χ2v) is 10.5. The van der Waals surface area contributed by atoms with E-state index in [1.165, 1.54) is 0 Å². The van der Waals surface area contributed by atoms with Crippen LogP contribution >= 0.6 is 23.2 Å². The number of pyridine rings is 1. The van der Waals surface area contributed by atoms with E-state index in [9.17, 15) is 19.5 Å². The normalized spacial score (nSPS) is 16.9. The van der Waals surface area contributed by atoms with Crippen molar-refractivity contribution in [3.63, 3.8) is 0 Å². The Morgan fingerprint density at radius 3 is 2.41 bits per heavy atom. The van der Waals surface area contributed by atoms with Crippen molar-refractivity contribution < 1.29 is 24.3 Å². The Bertz CT molecular complexity index is 1670. The van der Waals surface area contributed by atoms with Gasteiger partial charge in [-0.15, -0.1) is 0 Å². The lowest BCUT2D eigenvalue weighted by atomic mass is 9.92. The third-order valence-corrected chi connectivity index (χ3v) is 7.37. The zero-order valence-corrected chi connectivity index (χ0v) is 23.2. The molecule has 0 aliphatic carbocycles. The molecular formula is C30H24Cl2N4O5. The molecule has 9 nitrogen and oxygen atoms in total. The number of fused-ring (bicyclic) bond motifs is 1. The van der Waals surface area contributed by atoms with Gasteiger partial charge >= 0.3 is 5.97 Å². The highest BCUT2D eigenvalue weighted by Crippen LogP contribution is 2.30. The molecule has 1 aliphatic rings. The predicted molar refractivity (Wildman–Crippen MR) is 157 cm³/mol. The number of anilines is 1. The lowest BCUT2D eigenvalue weighted by Gasteiger charge is -2.23. The molecule has 2 heterocycles. The number of nitrogens with zero attached hydrogens (tertiary/aromatic N) is 2. The van der Waals surface area contributed by atoms with Crippen molar-refractivity contribution in [2.45, 2.75) is 31.4 Å². The molecule has 0 saturated carbocycles. The molecule has 0 radical (unpaired) electrons. The molecule has 1 aromatic heterocycles. The Morgan fingerprint density at radius 1 is 1.00 bits per heavy atom. The summed E-state index contributed by atoms with van der Waals surface area (Å²) in [6, 6.07) is 19.5. The minimum Gasteiger partial charge on any atom is -0.480 e. The molecule has 1 aliphatic heterocycles. The Morgan fingerprint density at radius 2 is 1.71 bits per heavy atom. The maximum absolute atomic E-state index is 13.2. The number of nitrogens with one attached hydrogen (secondary N) is 2. The lowest BCUT2D eigenvalue weighted by molar-refractivity contribution is -0.148. The van der Waals surface area contributed by atoms with Gasteiger partial charge in [0.1, 0.15) is 6.04 Å². The largest absolute Gasteiger partial charge is 0.480 e. The van der Waals surface area contributed by atoms with Gasteiger partial charge in [-0.05, 0) is 48.9 Å². The first-order valence-electron chi connectivity index (χ1n) is 12.6. The standard InChI is InChI=1S/C30H24Cl2N4O5/c1-30(16-25(36-41-30)20-5-2-9-23-19(20)6-4-14-33-23)29(40)35-24(28(38)39)15-17-10-12-18(13-11-17)34-27(37)26-21(31)7-3-8-22(26)32/h2-14,24H,15-16H2,1H3,(H,34,37)(H,35,40)(H,38,39)/t24?,30-/m0/s1. The number of carbonyl (C=O) groups excluding carboxylic acids is 2. The van der Waals surface area contributed by atoms with Gasteiger partial charge in [-0.25, -0.2) is 4.79 Å². The number of amides is 2. The van der Waals surface area contributed by atoms with Gasteiger partial charge in [0.15, 0.2) is 0 Å². The molecule has 0 bridgehead atoms. The smallest absolute Gasteiger partial charge is 0.326 e. The van der Waals surface area contributed by atoms with Gasteiger partial charge in [-0.1, -0.05) is 64.8 Å². The van der Waals surface area contributed by atoms with E-state index in [0.717, 1.165) is 16.5 Å². The average molecular weight is 591 g/mol. The average Bonchev–Trinajstić information content (AvgIpc) is 3.36. The summed E-state index contributed by atoms with van der Waals surface area (Å²) in [5, 5.41) is 20.6. The second kappa shape index (κ2) is 11.6. The van der Waals surface area contributed by atoms with Crippen LogP contribution in [-0.2, 0) is 20.8 Å². The summed E-state index contributed by atoms with van der Waals surface area (Å²) in [7, 11) is 0. The maximum Gasteiger partial charge on any atom is 0.326 e. The molecule has 0 spiro atoms. The minimum atomic E-state index is -1.39. The molecule has 208 valence electrons. The number of hydrogen-bond acceptors (Lipinski definition) is 6. The highest BCUT2D eigenvalue weighted by molar-refractivity contribution is 6.40. The van der Waals surface area contributed by atoms with Gasteiger partial charge in [0, 0.05) is 35.7 Å². The second-order valence-electron chi connectivity index (χ2n) is 9.73. The molecule has 5 rings (SSSR count). The van der Waals surface area contributed by atoms with E-state index < -0.39 is 29.4 Å². The molecule has 3 aromatic carbocycles. The first-order chi connectivity index (χ1) is 19.6. The number of aromatic nitrogens is 1. The monoisotopic (exact) mass is 590 g/mol. The first-order valence-corrected chi connectivity index (χ1v) is 13.4. The summed E-state index contributed by atoms with van der Waals surface area (Å²) < 4.78 is 0. The van der Waals surface area contributed by atoms with Crippen LogP contribution in [0.5, 0.6) is 0 Å². The summed E-state index contributed by atoms with van der Waals surface area (Å²) in [6.45, 7) is 1.57. The third kappa shape index (κ3) is 6.01. The van der Waals surface area contributed by atoms with Crippen molar-refractivity contribution in [3.05, 3.63) is 106 Å². The zero-order chi connectivity index (χ0) is 29.1. The van der Waals surface area contributed by atoms with E-state index in [0.29, 0.717) is 17.0 Å². The fourth-order valence-electron chi connectivity index (χ4n) is 4.54. The van der Waals surface area contributed by atoms with Gasteiger partial charge in [0.2, 0.25) is 5.60 Å². The number of aliphatic carboxylic acids is 1. The fourth-order valence-corrected chi connectivity index (χ4v) is 5.11. The first kappa shape index (κ1) is 28.1. The van der Waals surface area contributed by atoms with Crippen LogP contribution in [0.3, 0.4) is 0 Å². The van der Waals surface area contributed by atoms with Crippen LogP contribution in [0, 0.1) is 0 Å². The topological polar surface area (TPSA) is 130 Å². The molecule has 3 N–H and O–H groups in total. The number of rotatable bonds is 8. The van der Waals surface area contributed by atoms with E-state index in [1.54, 1.807) is 55.6 Å². The molecule has 2 atom stereocenters. The van der Waals surface area contributed by atoms with Gasteiger partial charge in [0.25, 0.3) is 11.8 Å². The van der Waals surface area contributed by atoms with Crippen molar-refractivity contribution in [2.24, 2.45) is 5.16 Å². The van der Waals surface area contributed by atoms with Crippen LogP contribution < -0.4 is 10.6 Å². The molecule has 4 aromatic rings. The molecule has 41 heavy (non-hydrogen) atoms. The Hall–Kier alpha value is -4.47. The van der Waals surface area contributed by atoms with Gasteiger partial charge in [0.05, 0.1) is 26.8 Å². The van der Waals surface area contributed by atoms with Crippen molar-refractivity contribution in [2.75, 3.05) is 5.32 Å². The summed E-state index contributed by atoms with van der Waals surface area (Å²) in [5.41, 5.74) is 2.02. The van der Waals surface area contributed by atoms with E-state index in [2.05, 4.69) is 20.8 Å². The molecule has 0 fully saturated rings. The van der Waals surface area contributed by atoms with E-state index in [1.807, 2.05) is 30.3 Å². The third-order valence-electron chi connectivity index (χ3n) is 6.74. The molecular weight excluding hydrogens is 567 g/mol. The number of oxime groups is 1. The molecule has 11 heteroatoms. The zero-order valence-electron chi connectivity index (χ0n) is 21.7. The molecule has 0 saturated heterocycles. The van der Waals surface area contributed by atoms with Gasteiger partial charge < -0.3 is 20.6 Å². The van der Waals surface area contributed by atoms with E-state index >= 15 is 0 Å². The van der Waals surface area contributed by atoms with Crippen LogP contribution in [0.4, 0.5) is 5.69 Å². The molecule has 2 amide bonds. The van der Waals surface area contributed by atoms with Crippen molar-refractivity contribution >= 4 is 63.3 Å². The number of halogens is 2. The summed E-state index contributed by atoms with van der Waals surface area (Å²) in [6.07, 6.45) is 1.86. The fraction of sp³-hybridized carbons (Fsp3) is 0.167. The SMILES string of the molecule is C[C@@]1(C(=O)NC(Cc2ccc(NC(=O)c3c(Cl)cccc3Cl)cc2)C(=O)O)CC(c2cccc3ncccc23)=NO1. The summed E-state index contributed by atoms with van der Waals surface area (Å²) >= 11 is 12.2. The van der Waals surface area contributed by atoms with Gasteiger partial charge in [-0.2, -0.15) is 0 Å². The summed E-state index contributed by atoms with van der Waals surface area (Å²) in [5.74, 6) is -2.27. The Labute approximate surface area is 245 Å². The quantitative estimate of drug-likeness (QED) is 0.249. The van der Waals surface area contributed by atoms with Crippen molar-refractivity contribution in [1.29, 1.82) is 0 Å². The Kier molecular flexibility index (Phi) is 7.92. The van der Waals surface area contributed by atoms with Crippen LogP contribution in [0.25, 0.3) is 10.9 Å². The Balaban J connectivity index is 1.23. The maximum atomic E-state index is 13.2. The highest BCUT2D eigenvalue weighted by atomic mass is 35.5. The molecule has 1 unspecified atom stereocenters.